The van der Waals surface area contributed by atoms with E-state index < -0.39 is 5.97 Å². The van der Waals surface area contributed by atoms with Crippen LogP contribution in [0.4, 0.5) is 0 Å². The van der Waals surface area contributed by atoms with Gasteiger partial charge in [-0.15, -0.1) is 0 Å². The Kier molecular flexibility index (Phi) is 10.2. The van der Waals surface area contributed by atoms with Crippen LogP contribution in [-0.4, -0.2) is 29.6 Å². The third kappa shape index (κ3) is 8.84. The van der Waals surface area contributed by atoms with Crippen molar-refractivity contribution < 1.29 is 19.4 Å². The predicted octanol–water partition coefficient (Wildman–Crippen LogP) is 7.76. The number of hydrogen-bond acceptors (Lipinski definition) is 3. The number of ether oxygens (including phenoxy) is 1. The van der Waals surface area contributed by atoms with Gasteiger partial charge in [0.15, 0.2) is 0 Å². The molecule has 2 N–H and O–H groups in total. The predicted molar refractivity (Wildman–Crippen MR) is 159 cm³/mol. The quantitative estimate of drug-likeness (QED) is 0.311. The van der Waals surface area contributed by atoms with Gasteiger partial charge in [0.1, 0.15) is 11.9 Å². The van der Waals surface area contributed by atoms with E-state index >= 15 is 0 Å². The summed E-state index contributed by atoms with van der Waals surface area (Å²) in [4.78, 5) is 23.2. The average molecular weight is 532 g/mol. The molecule has 3 rings (SSSR count). The molecule has 2 aromatic carbocycles. The molecule has 0 aliphatic heterocycles. The molecule has 2 unspecified atom stereocenters. The Morgan fingerprint density at radius 3 is 2.23 bits per heavy atom. The van der Waals surface area contributed by atoms with Crippen LogP contribution in [0.1, 0.15) is 82.9 Å². The number of aryl methyl sites for hydroxylation is 2. The molecule has 0 heterocycles. The third-order valence-corrected chi connectivity index (χ3v) is 7.34. The van der Waals surface area contributed by atoms with Gasteiger partial charge < -0.3 is 15.2 Å². The van der Waals surface area contributed by atoms with E-state index in [1.54, 1.807) is 0 Å². The maximum absolute atomic E-state index is 12.4. The molecule has 1 amide bonds. The zero-order chi connectivity index (χ0) is 28.7. The van der Waals surface area contributed by atoms with E-state index in [4.69, 9.17) is 9.84 Å². The molecule has 0 spiro atoms. The minimum Gasteiger partial charge on any atom is -0.490 e. The Labute approximate surface area is 234 Å². The fourth-order valence-electron chi connectivity index (χ4n) is 5.06. The molecule has 2 aromatic rings. The number of nitrogens with one attached hydrogen (secondary N) is 1. The molecule has 1 aliphatic carbocycles. The van der Waals surface area contributed by atoms with E-state index in [2.05, 4.69) is 96.3 Å². The van der Waals surface area contributed by atoms with E-state index in [1.807, 2.05) is 12.2 Å². The van der Waals surface area contributed by atoms with E-state index in [0.29, 0.717) is 17.9 Å². The fraction of sp³-hybridized carbons (Fsp3) is 0.471. The van der Waals surface area contributed by atoms with Gasteiger partial charge in [-0.3, -0.25) is 9.59 Å². The first-order chi connectivity index (χ1) is 18.3. The lowest BCUT2D eigenvalue weighted by atomic mass is 9.84. The van der Waals surface area contributed by atoms with Crippen molar-refractivity contribution >= 4 is 11.9 Å². The van der Waals surface area contributed by atoms with Gasteiger partial charge in [-0.2, -0.15) is 0 Å². The molecule has 5 nitrogen and oxygen atoms in total. The molecule has 0 bridgehead atoms. The summed E-state index contributed by atoms with van der Waals surface area (Å²) in [5.41, 5.74) is 6.95. The second kappa shape index (κ2) is 13.1. The molecular formula is C34H45NO4. The highest BCUT2D eigenvalue weighted by molar-refractivity contribution is 5.96. The van der Waals surface area contributed by atoms with Crippen LogP contribution in [-0.2, 0) is 9.59 Å². The lowest BCUT2D eigenvalue weighted by Gasteiger charge is -2.30. The number of rotatable bonds is 11. The van der Waals surface area contributed by atoms with Crippen molar-refractivity contribution in [1.29, 1.82) is 0 Å². The van der Waals surface area contributed by atoms with Crippen LogP contribution in [0.5, 0.6) is 5.75 Å². The third-order valence-electron chi connectivity index (χ3n) is 7.34. The Morgan fingerprint density at radius 1 is 1.08 bits per heavy atom. The number of carbonyl (C=O) groups excluding carboxylic acids is 1. The number of aliphatic carboxylic acids is 1. The smallest absolute Gasteiger partial charge is 0.305 e. The van der Waals surface area contributed by atoms with Gasteiger partial charge in [0.25, 0.3) is 5.91 Å². The summed E-state index contributed by atoms with van der Waals surface area (Å²) < 4.78 is 6.69. The largest absolute Gasteiger partial charge is 0.490 e. The van der Waals surface area contributed by atoms with Gasteiger partial charge in [-0.25, -0.2) is 0 Å². The SMILES string of the molecule is Cc1cc(OC(CCC(C)(C)C)C2C=CC(C(=O)NCCC(=O)O)=CC2)cc(C)c1-c1ccc(C(C)C)cc1. The van der Waals surface area contributed by atoms with Gasteiger partial charge >= 0.3 is 5.97 Å². The zero-order valence-electron chi connectivity index (χ0n) is 24.6. The van der Waals surface area contributed by atoms with E-state index in [9.17, 15) is 9.59 Å². The number of allylic oxidation sites excluding steroid dienone is 1. The van der Waals surface area contributed by atoms with Gasteiger partial charge in [0.2, 0.25) is 0 Å². The Morgan fingerprint density at radius 2 is 1.72 bits per heavy atom. The highest BCUT2D eigenvalue weighted by Crippen LogP contribution is 2.35. The van der Waals surface area contributed by atoms with Crippen molar-refractivity contribution in [2.45, 2.75) is 86.2 Å². The minimum atomic E-state index is -0.926. The van der Waals surface area contributed by atoms with Gasteiger partial charge in [0, 0.05) is 18.0 Å². The molecule has 210 valence electrons. The van der Waals surface area contributed by atoms with Crippen LogP contribution in [0.15, 0.2) is 60.2 Å². The Hall–Kier alpha value is -3.34. The normalized spacial score (nSPS) is 16.1. The number of carboxylic acids is 1. The molecule has 0 fully saturated rings. The monoisotopic (exact) mass is 531 g/mol. The molecular weight excluding hydrogens is 486 g/mol. The molecule has 0 saturated carbocycles. The summed E-state index contributed by atoms with van der Waals surface area (Å²) in [6.07, 6.45) is 8.37. The minimum absolute atomic E-state index is 0.0247. The van der Waals surface area contributed by atoms with Crippen molar-refractivity contribution in [2.24, 2.45) is 11.3 Å². The molecule has 2 atom stereocenters. The summed E-state index contributed by atoms with van der Waals surface area (Å²) in [5.74, 6) is 0.368. The average Bonchev–Trinajstić information content (AvgIpc) is 2.85. The summed E-state index contributed by atoms with van der Waals surface area (Å²) >= 11 is 0. The van der Waals surface area contributed by atoms with E-state index in [1.165, 1.54) is 27.8 Å². The first kappa shape index (κ1) is 30.2. The lowest BCUT2D eigenvalue weighted by Crippen LogP contribution is -2.30. The maximum atomic E-state index is 12.4. The highest BCUT2D eigenvalue weighted by Gasteiger charge is 2.26. The first-order valence-corrected chi connectivity index (χ1v) is 14.1. The number of benzene rings is 2. The van der Waals surface area contributed by atoms with Crippen molar-refractivity contribution in [2.75, 3.05) is 6.54 Å². The van der Waals surface area contributed by atoms with Crippen LogP contribution in [0, 0.1) is 25.2 Å². The van der Waals surface area contributed by atoms with Gasteiger partial charge in [0.05, 0.1) is 6.42 Å². The van der Waals surface area contributed by atoms with Crippen molar-refractivity contribution in [1.82, 2.24) is 5.32 Å². The van der Waals surface area contributed by atoms with E-state index in [-0.39, 0.29) is 36.3 Å². The van der Waals surface area contributed by atoms with Crippen LogP contribution in [0.25, 0.3) is 11.1 Å². The van der Waals surface area contributed by atoms with Crippen LogP contribution in [0.3, 0.4) is 0 Å². The lowest BCUT2D eigenvalue weighted by molar-refractivity contribution is -0.136. The zero-order valence-corrected chi connectivity index (χ0v) is 24.6. The summed E-state index contributed by atoms with van der Waals surface area (Å²) in [6.45, 7) is 15.6. The summed E-state index contributed by atoms with van der Waals surface area (Å²) in [7, 11) is 0. The highest BCUT2D eigenvalue weighted by atomic mass is 16.5. The fourth-order valence-corrected chi connectivity index (χ4v) is 5.06. The number of amides is 1. The molecule has 5 heteroatoms. The van der Waals surface area contributed by atoms with Gasteiger partial charge in [-0.1, -0.05) is 77.1 Å². The maximum Gasteiger partial charge on any atom is 0.305 e. The van der Waals surface area contributed by atoms with E-state index in [0.717, 1.165) is 18.6 Å². The van der Waals surface area contributed by atoms with Crippen molar-refractivity contribution in [3.8, 4) is 16.9 Å². The Balaban J connectivity index is 1.77. The molecule has 0 radical (unpaired) electrons. The van der Waals surface area contributed by atoms with Crippen LogP contribution < -0.4 is 10.1 Å². The van der Waals surface area contributed by atoms with Crippen molar-refractivity contribution in [3.05, 3.63) is 76.9 Å². The van der Waals surface area contributed by atoms with Gasteiger partial charge in [-0.05, 0) is 84.4 Å². The summed E-state index contributed by atoms with van der Waals surface area (Å²) in [6, 6.07) is 13.2. The number of hydrogen-bond donors (Lipinski definition) is 2. The van der Waals surface area contributed by atoms with Crippen LogP contribution >= 0.6 is 0 Å². The first-order valence-electron chi connectivity index (χ1n) is 14.1. The molecule has 0 saturated heterocycles. The Bertz CT molecular complexity index is 1190. The number of carbonyl (C=O) groups is 2. The number of carboxylic acid groups (broad SMARTS) is 1. The molecule has 0 aromatic heterocycles. The standard InChI is InChI=1S/C34H45NO4/c1-22(2)25-8-12-27(13-9-25)32-23(3)20-29(21-24(32)4)39-30(16-18-34(5,6)7)26-10-14-28(15-11-26)33(38)35-19-17-31(36)37/h8-10,12-15,20-22,26,30H,11,16-19H2,1-7H3,(H,35,38)(H,36,37). The summed E-state index contributed by atoms with van der Waals surface area (Å²) in [5, 5.41) is 11.5. The molecule has 1 aliphatic rings. The second-order valence-electron chi connectivity index (χ2n) is 12.3. The molecule has 39 heavy (non-hydrogen) atoms. The van der Waals surface area contributed by atoms with Crippen molar-refractivity contribution in [3.63, 3.8) is 0 Å². The topological polar surface area (TPSA) is 75.6 Å². The second-order valence-corrected chi connectivity index (χ2v) is 12.3. The van der Waals surface area contributed by atoms with Crippen LogP contribution in [0.2, 0.25) is 0 Å².